The summed E-state index contributed by atoms with van der Waals surface area (Å²) in [6.45, 7) is 4.95. The summed E-state index contributed by atoms with van der Waals surface area (Å²) in [7, 11) is 3.87. The lowest BCUT2D eigenvalue weighted by molar-refractivity contribution is 0.115. The van der Waals surface area contributed by atoms with Crippen molar-refractivity contribution in [1.82, 2.24) is 10.2 Å². The molecule has 5 nitrogen and oxygen atoms in total. The molecule has 0 bridgehead atoms. The van der Waals surface area contributed by atoms with E-state index in [2.05, 4.69) is 39.5 Å². The van der Waals surface area contributed by atoms with Crippen molar-refractivity contribution in [3.05, 3.63) is 35.9 Å². The number of nitrogens with zero attached hydrogens (tertiary/aromatic N) is 2. The molecule has 0 aliphatic heterocycles. The predicted molar refractivity (Wildman–Crippen MR) is 103 cm³/mol. The smallest absolute Gasteiger partial charge is 0.193 e. The molecule has 0 saturated heterocycles. The highest BCUT2D eigenvalue weighted by atomic mass is 16.5. The molecule has 0 amide bonds. The van der Waals surface area contributed by atoms with Crippen LogP contribution in [-0.2, 0) is 15.9 Å². The first kappa shape index (κ1) is 19.7. The van der Waals surface area contributed by atoms with Crippen LogP contribution in [0.1, 0.15) is 24.8 Å². The van der Waals surface area contributed by atoms with E-state index < -0.39 is 0 Å². The second kappa shape index (κ2) is 11.9. The summed E-state index contributed by atoms with van der Waals surface area (Å²) >= 11 is 0. The van der Waals surface area contributed by atoms with E-state index in [9.17, 15) is 0 Å². The van der Waals surface area contributed by atoms with Gasteiger partial charge in [-0.15, -0.1) is 0 Å². The molecule has 1 N–H and O–H groups in total. The number of hydrogen-bond donors (Lipinski definition) is 1. The summed E-state index contributed by atoms with van der Waals surface area (Å²) in [4.78, 5) is 6.44. The van der Waals surface area contributed by atoms with Gasteiger partial charge in [0.25, 0.3) is 0 Å². The van der Waals surface area contributed by atoms with Gasteiger partial charge in [-0.1, -0.05) is 30.3 Å². The minimum atomic E-state index is 0.760. The minimum Gasteiger partial charge on any atom is -0.381 e. The Balaban J connectivity index is 1.45. The fraction of sp³-hybridized carbons (Fsp3) is 0.650. The van der Waals surface area contributed by atoms with Crippen LogP contribution in [0.25, 0.3) is 0 Å². The third-order valence-corrected chi connectivity index (χ3v) is 4.32. The van der Waals surface area contributed by atoms with E-state index in [-0.39, 0.29) is 0 Å². The molecule has 0 aromatic heterocycles. The van der Waals surface area contributed by atoms with Crippen LogP contribution in [-0.4, -0.2) is 64.5 Å². The number of aliphatic imine (C=N–C) groups is 1. The molecule has 2 rings (SSSR count). The average Bonchev–Trinajstić information content (AvgIpc) is 3.46. The average molecular weight is 348 g/mol. The Kier molecular flexibility index (Phi) is 9.37. The van der Waals surface area contributed by atoms with Crippen LogP contribution in [0.4, 0.5) is 0 Å². The Labute approximate surface area is 152 Å². The van der Waals surface area contributed by atoms with Crippen LogP contribution < -0.4 is 5.32 Å². The van der Waals surface area contributed by atoms with Crippen LogP contribution in [0, 0.1) is 5.92 Å². The van der Waals surface area contributed by atoms with Crippen molar-refractivity contribution in [2.75, 3.05) is 53.6 Å². The molecular weight excluding hydrogens is 314 g/mol. The number of ether oxygens (including phenoxy) is 2. The van der Waals surface area contributed by atoms with Crippen LogP contribution in [0.15, 0.2) is 35.3 Å². The van der Waals surface area contributed by atoms with Gasteiger partial charge in [-0.25, -0.2) is 0 Å². The van der Waals surface area contributed by atoms with E-state index in [1.807, 2.05) is 20.2 Å². The third kappa shape index (κ3) is 8.89. The monoisotopic (exact) mass is 347 g/mol. The predicted octanol–water partition coefficient (Wildman–Crippen LogP) is 2.57. The lowest BCUT2D eigenvalue weighted by atomic mass is 10.2. The van der Waals surface area contributed by atoms with Crippen molar-refractivity contribution in [1.29, 1.82) is 0 Å². The van der Waals surface area contributed by atoms with Gasteiger partial charge in [0, 0.05) is 40.4 Å². The van der Waals surface area contributed by atoms with Gasteiger partial charge in [0.2, 0.25) is 0 Å². The second-order valence-corrected chi connectivity index (χ2v) is 6.62. The van der Waals surface area contributed by atoms with E-state index in [0.717, 1.165) is 64.2 Å². The lowest BCUT2D eigenvalue weighted by Gasteiger charge is -2.22. The quantitative estimate of drug-likeness (QED) is 0.359. The number of rotatable bonds is 12. The Morgan fingerprint density at radius 3 is 2.68 bits per heavy atom. The van der Waals surface area contributed by atoms with Gasteiger partial charge in [0.1, 0.15) is 0 Å². The van der Waals surface area contributed by atoms with Crippen molar-refractivity contribution in [3.8, 4) is 0 Å². The summed E-state index contributed by atoms with van der Waals surface area (Å²) in [6.07, 6.45) is 4.62. The molecule has 140 valence electrons. The molecule has 0 unspecified atom stereocenters. The minimum absolute atomic E-state index is 0.760. The number of likely N-dealkylation sites (N-methyl/N-ethyl adjacent to an activating group) is 1. The van der Waals surface area contributed by atoms with Gasteiger partial charge < -0.3 is 19.7 Å². The zero-order valence-electron chi connectivity index (χ0n) is 15.7. The Hall–Kier alpha value is -1.59. The zero-order chi connectivity index (χ0) is 17.7. The molecule has 0 heterocycles. The molecule has 5 heteroatoms. The molecular formula is C20H33N3O2. The summed E-state index contributed by atoms with van der Waals surface area (Å²) in [5, 5.41) is 3.38. The van der Waals surface area contributed by atoms with Crippen molar-refractivity contribution in [2.45, 2.75) is 25.7 Å². The highest BCUT2D eigenvalue weighted by Crippen LogP contribution is 2.28. The fourth-order valence-corrected chi connectivity index (χ4v) is 2.54. The van der Waals surface area contributed by atoms with Gasteiger partial charge in [-0.05, 0) is 37.2 Å². The van der Waals surface area contributed by atoms with E-state index in [0.29, 0.717) is 0 Å². The summed E-state index contributed by atoms with van der Waals surface area (Å²) in [5.74, 6) is 1.74. The first-order valence-corrected chi connectivity index (χ1v) is 9.41. The molecule has 0 radical (unpaired) electrons. The molecule has 1 aromatic rings. The lowest BCUT2D eigenvalue weighted by Crippen LogP contribution is -2.41. The van der Waals surface area contributed by atoms with E-state index >= 15 is 0 Å². The summed E-state index contributed by atoms with van der Waals surface area (Å²) < 4.78 is 11.4. The number of guanidine groups is 1. The van der Waals surface area contributed by atoms with Crippen LogP contribution in [0.3, 0.4) is 0 Å². The Morgan fingerprint density at radius 2 is 1.96 bits per heavy atom. The van der Waals surface area contributed by atoms with E-state index in [4.69, 9.17) is 9.47 Å². The first-order chi connectivity index (χ1) is 12.3. The number of hydrogen-bond acceptors (Lipinski definition) is 3. The topological polar surface area (TPSA) is 46.1 Å². The van der Waals surface area contributed by atoms with Gasteiger partial charge in [0.05, 0.1) is 13.2 Å². The highest BCUT2D eigenvalue weighted by molar-refractivity contribution is 5.79. The summed E-state index contributed by atoms with van der Waals surface area (Å²) in [5.41, 5.74) is 1.33. The molecule has 25 heavy (non-hydrogen) atoms. The van der Waals surface area contributed by atoms with Gasteiger partial charge >= 0.3 is 0 Å². The molecule has 1 aliphatic carbocycles. The number of benzene rings is 1. The van der Waals surface area contributed by atoms with Crippen LogP contribution in [0.5, 0.6) is 0 Å². The zero-order valence-corrected chi connectivity index (χ0v) is 15.7. The van der Waals surface area contributed by atoms with Crippen LogP contribution in [0.2, 0.25) is 0 Å². The van der Waals surface area contributed by atoms with Gasteiger partial charge in [-0.3, -0.25) is 4.99 Å². The highest BCUT2D eigenvalue weighted by Gasteiger charge is 2.21. The van der Waals surface area contributed by atoms with Crippen molar-refractivity contribution < 1.29 is 9.47 Å². The molecule has 1 aromatic carbocycles. The van der Waals surface area contributed by atoms with Crippen molar-refractivity contribution in [2.24, 2.45) is 10.9 Å². The largest absolute Gasteiger partial charge is 0.381 e. The maximum absolute atomic E-state index is 5.71. The normalized spacial score (nSPS) is 14.6. The van der Waals surface area contributed by atoms with Gasteiger partial charge in [-0.2, -0.15) is 0 Å². The molecule has 1 fully saturated rings. The Morgan fingerprint density at radius 1 is 1.16 bits per heavy atom. The molecule has 1 aliphatic rings. The first-order valence-electron chi connectivity index (χ1n) is 9.41. The standard InChI is InChI=1S/C20H33N3O2/c1-21-20(23(2)13-16-25-17-19-9-10-19)22-12-6-14-24-15-11-18-7-4-3-5-8-18/h3-5,7-8,19H,6,9-17H2,1-2H3,(H,21,22). The Bertz CT molecular complexity index is 489. The fourth-order valence-electron chi connectivity index (χ4n) is 2.54. The maximum atomic E-state index is 5.71. The van der Waals surface area contributed by atoms with E-state index in [1.54, 1.807) is 0 Å². The van der Waals surface area contributed by atoms with Crippen LogP contribution >= 0.6 is 0 Å². The second-order valence-electron chi connectivity index (χ2n) is 6.62. The SMILES string of the molecule is CN=C(NCCCOCCc1ccccc1)N(C)CCOCC1CC1. The van der Waals surface area contributed by atoms with E-state index in [1.165, 1.54) is 18.4 Å². The number of nitrogens with one attached hydrogen (secondary N) is 1. The van der Waals surface area contributed by atoms with Gasteiger partial charge in [0.15, 0.2) is 5.96 Å². The summed E-state index contributed by atoms with van der Waals surface area (Å²) in [6, 6.07) is 10.5. The molecule has 0 atom stereocenters. The third-order valence-electron chi connectivity index (χ3n) is 4.32. The molecule has 1 saturated carbocycles. The molecule has 0 spiro atoms. The van der Waals surface area contributed by atoms with Crippen molar-refractivity contribution >= 4 is 5.96 Å². The maximum Gasteiger partial charge on any atom is 0.193 e. The van der Waals surface area contributed by atoms with Crippen molar-refractivity contribution in [3.63, 3.8) is 0 Å².